The van der Waals surface area contributed by atoms with Crippen LogP contribution in [0.2, 0.25) is 0 Å². The lowest BCUT2D eigenvalue weighted by molar-refractivity contribution is -0.117. The zero-order valence-corrected chi connectivity index (χ0v) is 11.8. The van der Waals surface area contributed by atoms with Crippen molar-refractivity contribution < 1.29 is 17.9 Å². The van der Waals surface area contributed by atoms with E-state index >= 15 is 0 Å². The van der Waals surface area contributed by atoms with Gasteiger partial charge in [0.1, 0.15) is 5.69 Å². The van der Waals surface area contributed by atoms with Crippen LogP contribution in [-0.4, -0.2) is 38.7 Å². The highest BCUT2D eigenvalue weighted by atomic mass is 35.7. The quantitative estimate of drug-likeness (QED) is 0.776. The van der Waals surface area contributed by atoms with E-state index in [2.05, 4.69) is 4.98 Å². The van der Waals surface area contributed by atoms with Gasteiger partial charge in [0.25, 0.3) is 0 Å². The number of ether oxygens (including phenoxy) is 1. The van der Waals surface area contributed by atoms with Crippen LogP contribution in [0.4, 0.5) is 5.69 Å². The highest BCUT2D eigenvalue weighted by Crippen LogP contribution is 2.31. The predicted octanol–water partition coefficient (Wildman–Crippen LogP) is 1.01. The molecule has 2 rings (SSSR count). The van der Waals surface area contributed by atoms with Crippen LogP contribution in [-0.2, 0) is 13.8 Å². The van der Waals surface area contributed by atoms with Gasteiger partial charge in [0.2, 0.25) is 20.8 Å². The summed E-state index contributed by atoms with van der Waals surface area (Å²) in [5, 5.41) is 0. The number of carbonyl (C=O) groups is 1. The molecule has 6 nitrogen and oxygen atoms in total. The smallest absolute Gasteiger partial charge is 0.237 e. The van der Waals surface area contributed by atoms with Gasteiger partial charge in [0.15, 0.2) is 0 Å². The largest absolute Gasteiger partial charge is 0.480 e. The van der Waals surface area contributed by atoms with Crippen molar-refractivity contribution in [1.82, 2.24) is 4.98 Å². The fraction of sp³-hybridized carbons (Fsp3) is 0.455. The molecule has 1 aliphatic heterocycles. The lowest BCUT2D eigenvalue weighted by Gasteiger charge is -2.18. The molecule has 1 saturated heterocycles. The third kappa shape index (κ3) is 3.36. The number of pyridine rings is 1. The van der Waals surface area contributed by atoms with E-state index in [1.165, 1.54) is 12.0 Å². The van der Waals surface area contributed by atoms with E-state index in [1.54, 1.807) is 18.3 Å². The zero-order valence-electron chi connectivity index (χ0n) is 10.2. The van der Waals surface area contributed by atoms with Crippen LogP contribution in [0.15, 0.2) is 18.3 Å². The monoisotopic (exact) mass is 304 g/mol. The molecule has 0 aliphatic carbocycles. The molecule has 8 heteroatoms. The molecule has 19 heavy (non-hydrogen) atoms. The Labute approximate surface area is 115 Å². The fourth-order valence-corrected chi connectivity index (χ4v) is 3.47. The van der Waals surface area contributed by atoms with E-state index < -0.39 is 9.05 Å². The average molecular weight is 305 g/mol. The number of anilines is 1. The highest BCUT2D eigenvalue weighted by Gasteiger charge is 2.34. The maximum Gasteiger partial charge on any atom is 0.237 e. The molecule has 0 saturated carbocycles. The number of amides is 1. The van der Waals surface area contributed by atoms with Gasteiger partial charge in [-0.3, -0.25) is 4.79 Å². The van der Waals surface area contributed by atoms with Crippen molar-refractivity contribution in [3.63, 3.8) is 0 Å². The van der Waals surface area contributed by atoms with Crippen molar-refractivity contribution in [3.05, 3.63) is 18.3 Å². The van der Waals surface area contributed by atoms with E-state index in [9.17, 15) is 13.2 Å². The van der Waals surface area contributed by atoms with Crippen molar-refractivity contribution >= 4 is 31.3 Å². The van der Waals surface area contributed by atoms with E-state index in [0.717, 1.165) is 0 Å². The standard InChI is InChI=1S/C11H13ClN2O4S/c1-18-11-9(3-2-4-13-11)14-6-8(5-10(14)15)7-19(12,16)17/h2-4,8H,5-7H2,1H3. The molecule has 1 aromatic rings. The van der Waals surface area contributed by atoms with Crippen LogP contribution in [0.25, 0.3) is 0 Å². The van der Waals surface area contributed by atoms with Gasteiger partial charge in [-0.25, -0.2) is 13.4 Å². The molecule has 1 atom stereocenters. The maximum absolute atomic E-state index is 11.9. The minimum absolute atomic E-state index is 0.156. The highest BCUT2D eigenvalue weighted by molar-refractivity contribution is 8.13. The third-order valence-corrected chi connectivity index (χ3v) is 4.12. The molecule has 1 fully saturated rings. The second-order valence-electron chi connectivity index (χ2n) is 4.31. The molecule has 1 aromatic heterocycles. The number of methoxy groups -OCH3 is 1. The first kappa shape index (κ1) is 14.1. The second kappa shape index (κ2) is 5.34. The van der Waals surface area contributed by atoms with Gasteiger partial charge < -0.3 is 9.64 Å². The minimum atomic E-state index is -3.61. The first-order valence-corrected chi connectivity index (χ1v) is 8.10. The third-order valence-electron chi connectivity index (χ3n) is 2.88. The second-order valence-corrected chi connectivity index (χ2v) is 7.13. The van der Waals surface area contributed by atoms with Gasteiger partial charge in [-0.2, -0.15) is 0 Å². The van der Waals surface area contributed by atoms with Crippen LogP contribution in [0, 0.1) is 5.92 Å². The lowest BCUT2D eigenvalue weighted by Crippen LogP contribution is -2.26. The summed E-state index contributed by atoms with van der Waals surface area (Å²) < 4.78 is 27.2. The Morgan fingerprint density at radius 3 is 2.95 bits per heavy atom. The van der Waals surface area contributed by atoms with Gasteiger partial charge >= 0.3 is 0 Å². The fourth-order valence-electron chi connectivity index (χ4n) is 2.15. The Morgan fingerprint density at radius 2 is 2.32 bits per heavy atom. The number of hydrogen-bond donors (Lipinski definition) is 0. The molecular formula is C11H13ClN2O4S. The maximum atomic E-state index is 11.9. The van der Waals surface area contributed by atoms with Crippen molar-refractivity contribution in [1.29, 1.82) is 0 Å². The Bertz CT molecular complexity index is 590. The SMILES string of the molecule is COc1ncccc1N1CC(CS(=O)(=O)Cl)CC1=O. The van der Waals surface area contributed by atoms with Crippen molar-refractivity contribution in [3.8, 4) is 5.88 Å². The van der Waals surface area contributed by atoms with E-state index in [4.69, 9.17) is 15.4 Å². The molecule has 2 heterocycles. The number of carbonyl (C=O) groups excluding carboxylic acids is 1. The van der Waals surface area contributed by atoms with E-state index in [-0.39, 0.29) is 24.0 Å². The summed E-state index contributed by atoms with van der Waals surface area (Å²) in [6, 6.07) is 3.40. The van der Waals surface area contributed by atoms with Gasteiger partial charge in [-0.15, -0.1) is 0 Å². The van der Waals surface area contributed by atoms with Crippen LogP contribution in [0.1, 0.15) is 6.42 Å². The Kier molecular flexibility index (Phi) is 3.96. The summed E-state index contributed by atoms with van der Waals surface area (Å²) in [6.07, 6.45) is 1.72. The predicted molar refractivity (Wildman–Crippen MR) is 70.9 cm³/mol. The first-order valence-electron chi connectivity index (χ1n) is 5.62. The topological polar surface area (TPSA) is 76.6 Å². The molecular weight excluding hydrogens is 292 g/mol. The zero-order chi connectivity index (χ0) is 14.0. The van der Waals surface area contributed by atoms with Crippen LogP contribution in [0.5, 0.6) is 5.88 Å². The van der Waals surface area contributed by atoms with Crippen LogP contribution in [0.3, 0.4) is 0 Å². The Hall–Kier alpha value is -1.34. The van der Waals surface area contributed by atoms with Crippen molar-refractivity contribution in [2.24, 2.45) is 5.92 Å². The lowest BCUT2D eigenvalue weighted by atomic mass is 10.1. The number of rotatable bonds is 4. The number of aromatic nitrogens is 1. The molecule has 1 aliphatic rings. The summed E-state index contributed by atoms with van der Waals surface area (Å²) in [6.45, 7) is 0.298. The molecule has 104 valence electrons. The normalized spacial score (nSPS) is 19.8. The van der Waals surface area contributed by atoms with Gasteiger partial charge in [0, 0.05) is 35.8 Å². The molecule has 0 radical (unpaired) electrons. The summed E-state index contributed by atoms with van der Waals surface area (Å²) in [7, 11) is 3.08. The van der Waals surface area contributed by atoms with Crippen LogP contribution < -0.4 is 9.64 Å². The van der Waals surface area contributed by atoms with Gasteiger partial charge in [-0.1, -0.05) is 0 Å². The molecule has 0 bridgehead atoms. The van der Waals surface area contributed by atoms with Gasteiger partial charge in [-0.05, 0) is 12.1 Å². The Balaban J connectivity index is 2.20. The van der Waals surface area contributed by atoms with Crippen molar-refractivity contribution in [2.75, 3.05) is 24.3 Å². The Morgan fingerprint density at radius 1 is 1.58 bits per heavy atom. The number of nitrogens with zero attached hydrogens (tertiary/aromatic N) is 2. The number of halogens is 1. The summed E-state index contributed by atoms with van der Waals surface area (Å²) in [5.74, 6) is -0.332. The van der Waals surface area contributed by atoms with Crippen LogP contribution >= 0.6 is 10.7 Å². The van der Waals surface area contributed by atoms with E-state index in [1.807, 2.05) is 0 Å². The average Bonchev–Trinajstić information content (AvgIpc) is 2.67. The first-order chi connectivity index (χ1) is 8.90. The van der Waals surface area contributed by atoms with Crippen molar-refractivity contribution in [2.45, 2.75) is 6.42 Å². The molecule has 0 N–H and O–H groups in total. The summed E-state index contributed by atoms with van der Waals surface area (Å²) in [4.78, 5) is 17.4. The summed E-state index contributed by atoms with van der Waals surface area (Å²) in [5.41, 5.74) is 0.546. The summed E-state index contributed by atoms with van der Waals surface area (Å²) >= 11 is 0. The molecule has 0 aromatic carbocycles. The molecule has 1 amide bonds. The molecule has 0 spiro atoms. The van der Waals surface area contributed by atoms with Gasteiger partial charge in [0.05, 0.1) is 12.9 Å². The minimum Gasteiger partial charge on any atom is -0.480 e. The molecule has 1 unspecified atom stereocenters. The number of hydrogen-bond acceptors (Lipinski definition) is 5. The van der Waals surface area contributed by atoms with E-state index in [0.29, 0.717) is 18.1 Å².